The Morgan fingerprint density at radius 1 is 1.03 bits per heavy atom. The Labute approximate surface area is 174 Å². The van der Waals surface area contributed by atoms with Crippen LogP contribution >= 0.6 is 0 Å². The maximum atomic E-state index is 12.5. The highest BCUT2D eigenvalue weighted by Gasteiger charge is 2.11. The second-order valence-electron chi connectivity index (χ2n) is 7.02. The summed E-state index contributed by atoms with van der Waals surface area (Å²) in [6.07, 6.45) is 1.90. The first-order valence-electron chi connectivity index (χ1n) is 9.58. The Balaban J connectivity index is 1.36. The molecule has 0 unspecified atom stereocenters. The maximum Gasteiger partial charge on any atom is 0.255 e. The van der Waals surface area contributed by atoms with Crippen molar-refractivity contribution in [3.05, 3.63) is 89.1 Å². The topological polar surface area (TPSA) is 82.2 Å². The van der Waals surface area contributed by atoms with Crippen LogP contribution in [-0.2, 0) is 6.61 Å². The van der Waals surface area contributed by atoms with Crippen molar-refractivity contribution < 1.29 is 14.1 Å². The number of nitrogens with one attached hydrogen (secondary N) is 1. The average Bonchev–Trinajstić information content (AvgIpc) is 3.32. The lowest BCUT2D eigenvalue weighted by molar-refractivity contribution is 0.102. The Kier molecular flexibility index (Phi) is 5.34. The molecule has 7 nitrogen and oxygen atoms in total. The van der Waals surface area contributed by atoms with E-state index in [1.165, 1.54) is 0 Å². The molecule has 0 aliphatic rings. The van der Waals surface area contributed by atoms with Gasteiger partial charge in [-0.05, 0) is 75.4 Å². The first kappa shape index (κ1) is 19.4. The van der Waals surface area contributed by atoms with Crippen LogP contribution in [-0.4, -0.2) is 20.8 Å². The molecule has 0 saturated heterocycles. The number of carbonyl (C=O) groups excluding carboxylic acids is 1. The molecule has 4 aromatic rings. The lowest BCUT2D eigenvalue weighted by atomic mass is 10.2. The summed E-state index contributed by atoms with van der Waals surface area (Å²) in [5.74, 6) is 1.23. The van der Waals surface area contributed by atoms with E-state index in [2.05, 4.69) is 15.6 Å². The molecule has 2 aromatic carbocycles. The lowest BCUT2D eigenvalue weighted by Crippen LogP contribution is -2.11. The molecule has 1 N–H and O–H groups in total. The van der Waals surface area contributed by atoms with Crippen LogP contribution in [0.15, 0.2) is 65.3 Å². The van der Waals surface area contributed by atoms with Crippen LogP contribution in [0.3, 0.4) is 0 Å². The van der Waals surface area contributed by atoms with Crippen LogP contribution < -0.4 is 10.1 Å². The fraction of sp³-hybridized carbons (Fsp3) is 0.174. The van der Waals surface area contributed by atoms with Gasteiger partial charge in [0.25, 0.3) is 5.91 Å². The Morgan fingerprint density at radius 3 is 2.37 bits per heavy atom. The molecule has 2 aromatic heterocycles. The molecule has 7 heteroatoms. The van der Waals surface area contributed by atoms with Gasteiger partial charge in [0.2, 0.25) is 0 Å². The van der Waals surface area contributed by atoms with E-state index in [1.807, 2.05) is 57.3 Å². The van der Waals surface area contributed by atoms with Gasteiger partial charge in [-0.1, -0.05) is 5.16 Å². The van der Waals surface area contributed by atoms with Crippen molar-refractivity contribution in [2.24, 2.45) is 0 Å². The molecular weight excluding hydrogens is 380 g/mol. The largest absolute Gasteiger partial charge is 0.489 e. The summed E-state index contributed by atoms with van der Waals surface area (Å²) in [4.78, 5) is 12.5. The van der Waals surface area contributed by atoms with E-state index < -0.39 is 0 Å². The number of aromatic nitrogens is 3. The van der Waals surface area contributed by atoms with Gasteiger partial charge in [-0.3, -0.25) is 4.79 Å². The van der Waals surface area contributed by atoms with E-state index >= 15 is 0 Å². The van der Waals surface area contributed by atoms with Crippen molar-refractivity contribution in [3.8, 4) is 11.4 Å². The van der Waals surface area contributed by atoms with Crippen LogP contribution in [0, 0.1) is 20.8 Å². The van der Waals surface area contributed by atoms with E-state index in [0.717, 1.165) is 28.4 Å². The van der Waals surface area contributed by atoms with Crippen LogP contribution in [0.2, 0.25) is 0 Å². The molecule has 0 bridgehead atoms. The predicted octanol–water partition coefficient (Wildman–Crippen LogP) is 4.62. The van der Waals surface area contributed by atoms with Crippen molar-refractivity contribution in [2.45, 2.75) is 27.4 Å². The van der Waals surface area contributed by atoms with E-state index in [9.17, 15) is 4.79 Å². The third kappa shape index (κ3) is 4.25. The minimum absolute atomic E-state index is 0.185. The van der Waals surface area contributed by atoms with Crippen LogP contribution in [0.25, 0.3) is 5.69 Å². The monoisotopic (exact) mass is 402 g/mol. The fourth-order valence-electron chi connectivity index (χ4n) is 3.03. The number of nitrogens with zero attached hydrogens (tertiary/aromatic N) is 3. The minimum Gasteiger partial charge on any atom is -0.489 e. The number of rotatable bonds is 6. The quantitative estimate of drug-likeness (QED) is 0.509. The van der Waals surface area contributed by atoms with E-state index in [1.54, 1.807) is 28.9 Å². The molecular formula is C23H22N4O3. The average molecular weight is 402 g/mol. The minimum atomic E-state index is -0.185. The molecule has 2 heterocycles. The number of aryl methyl sites for hydroxylation is 3. The summed E-state index contributed by atoms with van der Waals surface area (Å²) < 4.78 is 12.7. The van der Waals surface area contributed by atoms with Crippen molar-refractivity contribution in [2.75, 3.05) is 5.32 Å². The highest BCUT2D eigenvalue weighted by Crippen LogP contribution is 2.19. The van der Waals surface area contributed by atoms with Crippen LogP contribution in [0.1, 0.15) is 33.1 Å². The fourth-order valence-corrected chi connectivity index (χ4v) is 3.03. The van der Waals surface area contributed by atoms with Crippen LogP contribution in [0.4, 0.5) is 5.69 Å². The highest BCUT2D eigenvalue weighted by molar-refractivity contribution is 6.04. The molecule has 0 spiro atoms. The van der Waals surface area contributed by atoms with E-state index in [4.69, 9.17) is 9.26 Å². The SMILES string of the molecule is Cc1ccn(-c2ccc(NC(=O)c3ccc(OCc4c(C)noc4C)cc3)cc2)n1. The van der Waals surface area contributed by atoms with Crippen molar-refractivity contribution >= 4 is 11.6 Å². The zero-order valence-electron chi connectivity index (χ0n) is 17.0. The van der Waals surface area contributed by atoms with Gasteiger partial charge < -0.3 is 14.6 Å². The summed E-state index contributed by atoms with van der Waals surface area (Å²) in [5.41, 5.74) is 4.90. The van der Waals surface area contributed by atoms with E-state index in [-0.39, 0.29) is 5.91 Å². The second kappa shape index (κ2) is 8.24. The molecule has 0 saturated carbocycles. The van der Waals surface area contributed by atoms with Crippen molar-refractivity contribution in [1.29, 1.82) is 0 Å². The smallest absolute Gasteiger partial charge is 0.255 e. The van der Waals surface area contributed by atoms with Crippen LogP contribution in [0.5, 0.6) is 5.75 Å². The Morgan fingerprint density at radius 2 is 1.77 bits per heavy atom. The number of benzene rings is 2. The number of carbonyl (C=O) groups is 1. The van der Waals surface area contributed by atoms with Gasteiger partial charge in [0.15, 0.2) is 0 Å². The van der Waals surface area contributed by atoms with Gasteiger partial charge in [0.05, 0.1) is 22.6 Å². The molecule has 4 rings (SSSR count). The first-order chi connectivity index (χ1) is 14.5. The number of hydrogen-bond acceptors (Lipinski definition) is 5. The molecule has 0 radical (unpaired) electrons. The standard InChI is InChI=1S/C23H22N4O3/c1-15-12-13-27(25-15)20-8-6-19(7-9-20)24-23(28)18-4-10-21(11-5-18)29-14-22-16(2)26-30-17(22)3/h4-13H,14H2,1-3H3,(H,24,28). The van der Waals surface area contributed by atoms with Gasteiger partial charge in [-0.15, -0.1) is 0 Å². The summed E-state index contributed by atoms with van der Waals surface area (Å²) >= 11 is 0. The first-order valence-corrected chi connectivity index (χ1v) is 9.58. The number of amides is 1. The molecule has 1 amide bonds. The predicted molar refractivity (Wildman–Crippen MR) is 113 cm³/mol. The summed E-state index contributed by atoms with van der Waals surface area (Å²) in [6, 6.07) is 16.5. The maximum absolute atomic E-state index is 12.5. The molecule has 152 valence electrons. The van der Waals surface area contributed by atoms with Crippen molar-refractivity contribution in [3.63, 3.8) is 0 Å². The zero-order chi connectivity index (χ0) is 21.1. The van der Waals surface area contributed by atoms with Gasteiger partial charge in [-0.2, -0.15) is 5.10 Å². The highest BCUT2D eigenvalue weighted by atomic mass is 16.5. The Bertz CT molecular complexity index is 1140. The van der Waals surface area contributed by atoms with Gasteiger partial charge in [-0.25, -0.2) is 4.68 Å². The molecule has 0 aliphatic carbocycles. The van der Waals surface area contributed by atoms with Gasteiger partial charge >= 0.3 is 0 Å². The normalized spacial score (nSPS) is 10.8. The molecule has 0 aliphatic heterocycles. The lowest BCUT2D eigenvalue weighted by Gasteiger charge is -2.09. The molecule has 0 fully saturated rings. The third-order valence-corrected chi connectivity index (χ3v) is 4.79. The van der Waals surface area contributed by atoms with Gasteiger partial charge in [0.1, 0.15) is 18.1 Å². The summed E-state index contributed by atoms with van der Waals surface area (Å²) in [5, 5.41) is 11.2. The molecule has 30 heavy (non-hydrogen) atoms. The van der Waals surface area contributed by atoms with Crippen molar-refractivity contribution in [1.82, 2.24) is 14.9 Å². The summed E-state index contributed by atoms with van der Waals surface area (Å²) in [7, 11) is 0. The number of hydrogen-bond donors (Lipinski definition) is 1. The van der Waals surface area contributed by atoms with E-state index in [0.29, 0.717) is 23.6 Å². The number of ether oxygens (including phenoxy) is 1. The molecule has 0 atom stereocenters. The zero-order valence-corrected chi connectivity index (χ0v) is 17.0. The summed E-state index contributed by atoms with van der Waals surface area (Å²) in [6.45, 7) is 6.05. The number of anilines is 1. The Hall–Kier alpha value is -3.87. The van der Waals surface area contributed by atoms with Gasteiger partial charge in [0, 0.05) is 17.4 Å². The third-order valence-electron chi connectivity index (χ3n) is 4.79. The second-order valence-corrected chi connectivity index (χ2v) is 7.02.